The van der Waals surface area contributed by atoms with Gasteiger partial charge in [0.15, 0.2) is 0 Å². The molecule has 1 atom stereocenters. The van der Waals surface area contributed by atoms with Crippen LogP contribution in [0.4, 0.5) is 18.9 Å². The van der Waals surface area contributed by atoms with Crippen LogP contribution in [0, 0.1) is 0 Å². The summed E-state index contributed by atoms with van der Waals surface area (Å²) in [5.74, 6) is -0.451. The second kappa shape index (κ2) is 13.9. The van der Waals surface area contributed by atoms with Gasteiger partial charge in [-0.2, -0.15) is 13.2 Å². The van der Waals surface area contributed by atoms with E-state index in [2.05, 4.69) is 5.32 Å². The number of sulfonamides is 1. The smallest absolute Gasteiger partial charge is 0.416 e. The van der Waals surface area contributed by atoms with Gasteiger partial charge in [0.2, 0.25) is 5.91 Å². The standard InChI is InChI=1S/C35H33F3N2O6S/c1-23(2)46-33(41)22-27-9-4-6-13-32(27)45-19-18-39-34(42)31-21-26-8-3-5-12-30(26)40(31)47(43,44)29-16-14-24(15-17-29)25-10-7-11-28(20-25)35(36,37)38/h3-17,20,23,31H,18-19,21-22H2,1-2H3,(H,39,42)/t31-/m0/s1. The fraction of sp³-hybridized carbons (Fsp3) is 0.257. The minimum Gasteiger partial charge on any atom is -0.491 e. The van der Waals surface area contributed by atoms with Crippen LogP contribution in [0.3, 0.4) is 0 Å². The first-order chi connectivity index (χ1) is 22.3. The third-order valence-corrected chi connectivity index (χ3v) is 9.33. The van der Waals surface area contributed by atoms with Crippen molar-refractivity contribution in [2.75, 3.05) is 17.5 Å². The molecule has 1 N–H and O–H groups in total. The quantitative estimate of drug-likeness (QED) is 0.152. The van der Waals surface area contributed by atoms with Gasteiger partial charge in [0, 0.05) is 12.0 Å². The molecule has 0 saturated carbocycles. The number of hydrogen-bond acceptors (Lipinski definition) is 6. The number of esters is 1. The highest BCUT2D eigenvalue weighted by Crippen LogP contribution is 2.38. The first-order valence-corrected chi connectivity index (χ1v) is 16.4. The van der Waals surface area contributed by atoms with Gasteiger partial charge >= 0.3 is 12.1 Å². The molecule has 0 aromatic heterocycles. The van der Waals surface area contributed by atoms with E-state index in [0.717, 1.165) is 16.4 Å². The lowest BCUT2D eigenvalue weighted by molar-refractivity contribution is -0.146. The number of halogens is 3. The second-order valence-electron chi connectivity index (χ2n) is 11.2. The number of nitrogens with one attached hydrogen (secondary N) is 1. The summed E-state index contributed by atoms with van der Waals surface area (Å²) in [5.41, 5.74) is 1.56. The van der Waals surface area contributed by atoms with Crippen molar-refractivity contribution in [1.29, 1.82) is 0 Å². The van der Waals surface area contributed by atoms with Crippen LogP contribution in [-0.2, 0) is 43.4 Å². The minimum atomic E-state index is -4.52. The van der Waals surface area contributed by atoms with E-state index in [1.807, 2.05) is 0 Å². The van der Waals surface area contributed by atoms with Crippen LogP contribution >= 0.6 is 0 Å². The van der Waals surface area contributed by atoms with Crippen molar-refractivity contribution >= 4 is 27.6 Å². The number of hydrogen-bond donors (Lipinski definition) is 1. The Morgan fingerprint density at radius 2 is 1.62 bits per heavy atom. The molecule has 12 heteroatoms. The highest BCUT2D eigenvalue weighted by molar-refractivity contribution is 7.93. The van der Waals surface area contributed by atoms with Gasteiger partial charge in [-0.15, -0.1) is 0 Å². The van der Waals surface area contributed by atoms with Crippen LogP contribution in [-0.4, -0.2) is 45.6 Å². The number of ether oxygens (including phenoxy) is 2. The number of benzene rings is 4. The lowest BCUT2D eigenvalue weighted by Crippen LogP contribution is -2.48. The fourth-order valence-corrected chi connectivity index (χ4v) is 7.02. The third kappa shape index (κ3) is 7.76. The van der Waals surface area contributed by atoms with E-state index in [0.29, 0.717) is 28.1 Å². The summed E-state index contributed by atoms with van der Waals surface area (Å²) in [4.78, 5) is 25.5. The van der Waals surface area contributed by atoms with Gasteiger partial charge in [0.25, 0.3) is 10.0 Å². The number of carbonyl (C=O) groups is 2. The minimum absolute atomic E-state index is 0.0226. The molecule has 0 radical (unpaired) electrons. The molecule has 0 saturated heterocycles. The summed E-state index contributed by atoms with van der Waals surface area (Å²) < 4.78 is 79.8. The Balaban J connectivity index is 1.29. The summed E-state index contributed by atoms with van der Waals surface area (Å²) >= 11 is 0. The third-order valence-electron chi connectivity index (χ3n) is 7.50. The maximum atomic E-state index is 14.0. The van der Waals surface area contributed by atoms with Crippen molar-refractivity contribution in [2.24, 2.45) is 0 Å². The Labute approximate surface area is 271 Å². The number of amides is 1. The molecule has 0 aliphatic carbocycles. The van der Waals surface area contributed by atoms with E-state index in [9.17, 15) is 31.2 Å². The topological polar surface area (TPSA) is 102 Å². The highest BCUT2D eigenvalue weighted by Gasteiger charge is 2.42. The molecule has 0 unspecified atom stereocenters. The van der Waals surface area contributed by atoms with E-state index in [-0.39, 0.29) is 42.6 Å². The Morgan fingerprint density at radius 1 is 0.915 bits per heavy atom. The number of fused-ring (bicyclic) bond motifs is 1. The normalized spacial score (nSPS) is 14.5. The number of nitrogens with zero attached hydrogens (tertiary/aromatic N) is 1. The molecule has 4 aromatic carbocycles. The molecular formula is C35H33F3N2O6S. The summed E-state index contributed by atoms with van der Waals surface area (Å²) in [5, 5.41) is 2.76. The van der Waals surface area contributed by atoms with Crippen molar-refractivity contribution in [3.63, 3.8) is 0 Å². The van der Waals surface area contributed by atoms with E-state index in [1.165, 1.54) is 36.4 Å². The van der Waals surface area contributed by atoms with Crippen LogP contribution in [0.15, 0.2) is 102 Å². The van der Waals surface area contributed by atoms with Crippen molar-refractivity contribution < 1.29 is 40.7 Å². The molecule has 4 aromatic rings. The zero-order valence-electron chi connectivity index (χ0n) is 25.7. The maximum absolute atomic E-state index is 14.0. The number of alkyl halides is 3. The van der Waals surface area contributed by atoms with E-state index in [1.54, 1.807) is 62.4 Å². The van der Waals surface area contributed by atoms with Crippen molar-refractivity contribution in [1.82, 2.24) is 5.32 Å². The molecule has 1 aliphatic heterocycles. The maximum Gasteiger partial charge on any atom is 0.416 e. The summed E-state index contributed by atoms with van der Waals surface area (Å²) in [6.45, 7) is 3.65. The predicted molar refractivity (Wildman–Crippen MR) is 170 cm³/mol. The molecule has 1 amide bonds. The van der Waals surface area contributed by atoms with Gasteiger partial charge in [-0.25, -0.2) is 8.42 Å². The second-order valence-corrected chi connectivity index (χ2v) is 13.0. The van der Waals surface area contributed by atoms with Crippen molar-refractivity contribution in [3.8, 4) is 16.9 Å². The molecule has 246 valence electrons. The molecule has 8 nitrogen and oxygen atoms in total. The van der Waals surface area contributed by atoms with E-state index >= 15 is 0 Å². The largest absolute Gasteiger partial charge is 0.491 e. The molecule has 1 heterocycles. The molecule has 0 fully saturated rings. The van der Waals surface area contributed by atoms with Crippen LogP contribution in [0.25, 0.3) is 11.1 Å². The number of para-hydroxylation sites is 2. The number of rotatable bonds is 11. The van der Waals surface area contributed by atoms with Gasteiger partial charge in [-0.3, -0.25) is 13.9 Å². The highest BCUT2D eigenvalue weighted by atomic mass is 32.2. The molecule has 0 bridgehead atoms. The van der Waals surface area contributed by atoms with Gasteiger partial charge < -0.3 is 14.8 Å². The summed E-state index contributed by atoms with van der Waals surface area (Å²) in [7, 11) is -4.26. The summed E-state index contributed by atoms with van der Waals surface area (Å²) in [6.07, 6.45) is -4.60. The van der Waals surface area contributed by atoms with Crippen LogP contribution in [0.2, 0.25) is 0 Å². The first kappa shape index (κ1) is 33.5. The van der Waals surface area contributed by atoms with E-state index < -0.39 is 39.7 Å². The Bertz CT molecular complexity index is 1860. The van der Waals surface area contributed by atoms with Crippen LogP contribution < -0.4 is 14.4 Å². The summed E-state index contributed by atoms with van der Waals surface area (Å²) in [6, 6.07) is 23.0. The molecule has 1 aliphatic rings. The zero-order chi connectivity index (χ0) is 33.8. The fourth-order valence-electron chi connectivity index (χ4n) is 5.37. The van der Waals surface area contributed by atoms with Gasteiger partial charge in [-0.05, 0) is 66.9 Å². The molecular weight excluding hydrogens is 633 g/mol. The van der Waals surface area contributed by atoms with Gasteiger partial charge in [0.1, 0.15) is 18.4 Å². The predicted octanol–water partition coefficient (Wildman–Crippen LogP) is 6.18. The Hall–Kier alpha value is -4.84. The van der Waals surface area contributed by atoms with Crippen LogP contribution in [0.1, 0.15) is 30.5 Å². The van der Waals surface area contributed by atoms with Gasteiger partial charge in [0.05, 0.1) is 35.2 Å². The molecule has 47 heavy (non-hydrogen) atoms. The Kier molecular flexibility index (Phi) is 9.90. The number of carbonyl (C=O) groups excluding carboxylic acids is 2. The van der Waals surface area contributed by atoms with E-state index in [4.69, 9.17) is 9.47 Å². The van der Waals surface area contributed by atoms with Crippen molar-refractivity contribution in [3.05, 3.63) is 114 Å². The Morgan fingerprint density at radius 3 is 2.34 bits per heavy atom. The molecule has 5 rings (SSSR count). The zero-order valence-corrected chi connectivity index (χ0v) is 26.5. The average molecular weight is 667 g/mol. The molecule has 0 spiro atoms. The first-order valence-electron chi connectivity index (χ1n) is 14.9. The lowest BCUT2D eigenvalue weighted by Gasteiger charge is -2.26. The monoisotopic (exact) mass is 666 g/mol. The number of anilines is 1. The van der Waals surface area contributed by atoms with Gasteiger partial charge in [-0.1, -0.05) is 60.7 Å². The average Bonchev–Trinajstić information content (AvgIpc) is 3.44. The lowest BCUT2D eigenvalue weighted by atomic mass is 10.0. The SMILES string of the molecule is CC(C)OC(=O)Cc1ccccc1OCCNC(=O)[C@@H]1Cc2ccccc2N1S(=O)(=O)c1ccc(-c2cccc(C(F)(F)F)c2)cc1. The van der Waals surface area contributed by atoms with Crippen LogP contribution in [0.5, 0.6) is 5.75 Å². The van der Waals surface area contributed by atoms with Crippen molar-refractivity contribution in [2.45, 2.75) is 49.9 Å².